The summed E-state index contributed by atoms with van der Waals surface area (Å²) in [5.41, 5.74) is 2.29. The van der Waals surface area contributed by atoms with E-state index in [2.05, 4.69) is 10.3 Å². The molecule has 0 aliphatic carbocycles. The molecule has 1 amide bonds. The van der Waals surface area contributed by atoms with Gasteiger partial charge in [-0.2, -0.15) is 0 Å². The van der Waals surface area contributed by atoms with Crippen molar-refractivity contribution in [3.63, 3.8) is 0 Å². The highest BCUT2D eigenvalue weighted by Crippen LogP contribution is 2.47. The van der Waals surface area contributed by atoms with Crippen LogP contribution in [0.2, 0.25) is 10.0 Å². The fourth-order valence-electron chi connectivity index (χ4n) is 3.83. The molecule has 0 radical (unpaired) electrons. The Labute approximate surface area is 160 Å². The van der Waals surface area contributed by atoms with Crippen molar-refractivity contribution in [2.24, 2.45) is 5.92 Å². The van der Waals surface area contributed by atoms with Crippen LogP contribution in [0.3, 0.4) is 0 Å². The van der Waals surface area contributed by atoms with Gasteiger partial charge in [-0.3, -0.25) is 14.6 Å². The predicted molar refractivity (Wildman–Crippen MR) is 98.6 cm³/mol. The fraction of sp³-hybridized carbons (Fsp3) is 0.316. The quantitative estimate of drug-likeness (QED) is 0.865. The number of ketones is 1. The third kappa shape index (κ3) is 3.00. The highest BCUT2D eigenvalue weighted by atomic mass is 35.5. The van der Waals surface area contributed by atoms with Gasteiger partial charge in [0, 0.05) is 29.9 Å². The first kappa shape index (κ1) is 17.5. The Bertz CT molecular complexity index is 902. The minimum absolute atomic E-state index is 0.0491. The van der Waals surface area contributed by atoms with E-state index < -0.39 is 18.1 Å². The van der Waals surface area contributed by atoms with Crippen LogP contribution < -0.4 is 5.32 Å². The first-order chi connectivity index (χ1) is 12.4. The van der Waals surface area contributed by atoms with E-state index in [4.69, 9.17) is 27.9 Å². The normalized spacial score (nSPS) is 27.0. The number of Topliss-reactive ketones (excluding diaryl/α,β-unsaturated/α-hetero) is 1. The van der Waals surface area contributed by atoms with Gasteiger partial charge in [-0.25, -0.2) is 0 Å². The highest BCUT2D eigenvalue weighted by molar-refractivity contribution is 6.42. The number of nitrogens with one attached hydrogen (secondary N) is 1. The van der Waals surface area contributed by atoms with E-state index >= 15 is 0 Å². The van der Waals surface area contributed by atoms with E-state index in [1.807, 2.05) is 19.1 Å². The highest BCUT2D eigenvalue weighted by Gasteiger charge is 2.57. The molecule has 2 saturated heterocycles. The molecule has 3 heterocycles. The molecule has 2 bridgehead atoms. The van der Waals surface area contributed by atoms with Crippen molar-refractivity contribution in [1.82, 2.24) is 4.98 Å². The first-order valence-electron chi connectivity index (χ1n) is 8.30. The zero-order chi connectivity index (χ0) is 18.4. The molecular formula is C19H16Cl2N2O3. The summed E-state index contributed by atoms with van der Waals surface area (Å²) in [4.78, 5) is 29.4. The largest absolute Gasteiger partial charge is 0.365 e. The van der Waals surface area contributed by atoms with E-state index in [0.717, 1.165) is 11.3 Å². The molecule has 2 fully saturated rings. The third-order valence-corrected chi connectivity index (χ3v) is 5.69. The van der Waals surface area contributed by atoms with Gasteiger partial charge in [0.15, 0.2) is 5.78 Å². The summed E-state index contributed by atoms with van der Waals surface area (Å²) in [7, 11) is 0. The van der Waals surface area contributed by atoms with Crippen LogP contribution in [0.4, 0.5) is 5.69 Å². The number of halogens is 2. The minimum Gasteiger partial charge on any atom is -0.365 e. The van der Waals surface area contributed by atoms with Crippen LogP contribution in [-0.2, 0) is 14.3 Å². The lowest BCUT2D eigenvalue weighted by Gasteiger charge is -2.27. The van der Waals surface area contributed by atoms with Crippen LogP contribution in [0.1, 0.15) is 23.6 Å². The summed E-state index contributed by atoms with van der Waals surface area (Å²) in [6.45, 7) is 1.88. The number of fused-ring (bicyclic) bond motifs is 2. The number of aromatic nitrogens is 1. The third-order valence-electron chi connectivity index (χ3n) is 4.95. The van der Waals surface area contributed by atoms with Crippen molar-refractivity contribution in [2.75, 3.05) is 5.32 Å². The van der Waals surface area contributed by atoms with Crippen molar-refractivity contribution in [3.8, 4) is 0 Å². The van der Waals surface area contributed by atoms with Crippen LogP contribution in [0.15, 0.2) is 36.5 Å². The minimum atomic E-state index is -0.577. The molecule has 5 nitrogen and oxygen atoms in total. The second-order valence-corrected chi connectivity index (χ2v) is 7.48. The summed E-state index contributed by atoms with van der Waals surface area (Å²) < 4.78 is 5.83. The van der Waals surface area contributed by atoms with Crippen LogP contribution in [-0.4, -0.2) is 28.9 Å². The van der Waals surface area contributed by atoms with Crippen molar-refractivity contribution in [1.29, 1.82) is 0 Å². The van der Waals surface area contributed by atoms with Gasteiger partial charge in [0.2, 0.25) is 5.91 Å². The van der Waals surface area contributed by atoms with Crippen molar-refractivity contribution >= 4 is 40.6 Å². The smallest absolute Gasteiger partial charge is 0.230 e. The number of benzene rings is 1. The number of rotatable bonds is 3. The second-order valence-electron chi connectivity index (χ2n) is 6.67. The van der Waals surface area contributed by atoms with Gasteiger partial charge in [-0.15, -0.1) is 0 Å². The van der Waals surface area contributed by atoms with E-state index in [1.54, 1.807) is 24.4 Å². The molecule has 7 heteroatoms. The average Bonchev–Trinajstić information content (AvgIpc) is 3.15. The molecule has 2 aromatic rings. The number of ether oxygens (including phenoxy) is 1. The molecule has 2 aliphatic heterocycles. The number of hydrogen-bond acceptors (Lipinski definition) is 4. The fourth-order valence-corrected chi connectivity index (χ4v) is 4.13. The van der Waals surface area contributed by atoms with E-state index in [0.29, 0.717) is 15.7 Å². The molecule has 2 aliphatic rings. The standard InChI is InChI=1S/C19H16Cl2N2O3/c1-9-6-10(4-5-22-9)16-17(15-8-14(24)18(16)26-15)19(25)23-11-2-3-12(20)13(21)7-11/h2-7,15-18H,8H2,1H3,(H,23,25). The number of amides is 1. The number of aryl methyl sites for hydroxylation is 1. The second kappa shape index (κ2) is 6.65. The summed E-state index contributed by atoms with van der Waals surface area (Å²) >= 11 is 11.9. The van der Waals surface area contributed by atoms with Crippen LogP contribution in [0.5, 0.6) is 0 Å². The Kier molecular flexibility index (Phi) is 4.47. The molecule has 4 atom stereocenters. The Morgan fingerprint density at radius 3 is 2.77 bits per heavy atom. The Morgan fingerprint density at radius 1 is 1.23 bits per heavy atom. The van der Waals surface area contributed by atoms with Crippen LogP contribution >= 0.6 is 23.2 Å². The summed E-state index contributed by atoms with van der Waals surface area (Å²) in [6, 6.07) is 8.67. The molecular weight excluding hydrogens is 375 g/mol. The number of carbonyl (C=O) groups excluding carboxylic acids is 2. The molecule has 4 rings (SSSR count). The number of hydrogen-bond donors (Lipinski definition) is 1. The van der Waals surface area contributed by atoms with E-state index in [1.165, 1.54) is 0 Å². The van der Waals surface area contributed by atoms with Crippen LogP contribution in [0.25, 0.3) is 0 Å². The zero-order valence-corrected chi connectivity index (χ0v) is 15.4. The van der Waals surface area contributed by atoms with Gasteiger partial charge < -0.3 is 10.1 Å². The Hall–Kier alpha value is -1.95. The maximum Gasteiger partial charge on any atom is 0.230 e. The number of nitrogens with zero attached hydrogens (tertiary/aromatic N) is 1. The molecule has 134 valence electrons. The van der Waals surface area contributed by atoms with E-state index in [9.17, 15) is 9.59 Å². The summed E-state index contributed by atoms with van der Waals surface area (Å²) in [5, 5.41) is 3.66. The Balaban J connectivity index is 1.63. The summed E-state index contributed by atoms with van der Waals surface area (Å²) in [5.74, 6) is -0.907. The monoisotopic (exact) mass is 390 g/mol. The molecule has 1 aromatic heterocycles. The maximum atomic E-state index is 13.0. The molecule has 0 spiro atoms. The molecule has 1 aromatic carbocycles. The topological polar surface area (TPSA) is 68.3 Å². The van der Waals surface area contributed by atoms with Gasteiger partial charge in [-0.05, 0) is 42.8 Å². The van der Waals surface area contributed by atoms with E-state index in [-0.39, 0.29) is 24.0 Å². The predicted octanol–water partition coefficient (Wildman–Crippen LogP) is 3.78. The zero-order valence-electron chi connectivity index (χ0n) is 13.9. The molecule has 0 saturated carbocycles. The molecule has 1 N–H and O–H groups in total. The average molecular weight is 391 g/mol. The SMILES string of the molecule is Cc1cc(C2C3OC(CC3=O)C2C(=O)Nc2ccc(Cl)c(Cl)c2)ccn1. The van der Waals surface area contributed by atoms with Gasteiger partial charge in [0.25, 0.3) is 0 Å². The summed E-state index contributed by atoms with van der Waals surface area (Å²) in [6.07, 6.45) is 0.972. The van der Waals surface area contributed by atoms with Gasteiger partial charge >= 0.3 is 0 Å². The van der Waals surface area contributed by atoms with Gasteiger partial charge in [0.1, 0.15) is 6.10 Å². The lowest BCUT2D eigenvalue weighted by molar-refractivity contribution is -0.124. The van der Waals surface area contributed by atoms with Crippen molar-refractivity contribution in [3.05, 3.63) is 57.8 Å². The molecule has 4 unspecified atom stereocenters. The Morgan fingerprint density at radius 2 is 2.04 bits per heavy atom. The van der Waals surface area contributed by atoms with Crippen LogP contribution in [0, 0.1) is 12.8 Å². The first-order valence-corrected chi connectivity index (χ1v) is 9.06. The number of carbonyl (C=O) groups is 2. The number of anilines is 1. The number of pyridine rings is 1. The van der Waals surface area contributed by atoms with Crippen molar-refractivity contribution < 1.29 is 14.3 Å². The van der Waals surface area contributed by atoms with Gasteiger partial charge in [0.05, 0.1) is 22.1 Å². The lowest BCUT2D eigenvalue weighted by atomic mass is 9.74. The van der Waals surface area contributed by atoms with Gasteiger partial charge in [-0.1, -0.05) is 23.2 Å². The molecule has 26 heavy (non-hydrogen) atoms. The van der Waals surface area contributed by atoms with Crippen molar-refractivity contribution in [2.45, 2.75) is 31.5 Å². The lowest BCUT2D eigenvalue weighted by Crippen LogP contribution is -2.39. The maximum absolute atomic E-state index is 13.0.